The predicted molar refractivity (Wildman–Crippen MR) is 50.1 cm³/mol. The number of hydrogen-bond acceptors (Lipinski definition) is 3. The smallest absolute Gasteiger partial charge is 0.117 e. The van der Waals surface area contributed by atoms with Crippen LogP contribution in [0, 0.1) is 5.41 Å². The van der Waals surface area contributed by atoms with Crippen LogP contribution >= 0.6 is 0 Å². The van der Waals surface area contributed by atoms with Crippen LogP contribution in [-0.2, 0) is 0 Å². The normalized spacial score (nSPS) is 28.5. The molecule has 0 aromatic heterocycles. The molecule has 4 nitrogen and oxygen atoms in total. The van der Waals surface area contributed by atoms with Gasteiger partial charge in [0, 0.05) is 24.8 Å². The molecule has 1 atom stereocenters. The molecule has 1 saturated heterocycles. The number of piperazine rings is 1. The molecule has 0 amide bonds. The zero-order valence-corrected chi connectivity index (χ0v) is 7.59. The maximum atomic E-state index is 7.09. The summed E-state index contributed by atoms with van der Waals surface area (Å²) in [5, 5.41) is 10.3. The summed E-state index contributed by atoms with van der Waals surface area (Å²) in [7, 11) is 2.07. The van der Waals surface area contributed by atoms with Crippen molar-refractivity contribution in [2.45, 2.75) is 13.0 Å². The van der Waals surface area contributed by atoms with Gasteiger partial charge in [-0.05, 0) is 20.0 Å². The van der Waals surface area contributed by atoms with Crippen molar-refractivity contribution in [2.24, 2.45) is 5.73 Å². The van der Waals surface area contributed by atoms with Gasteiger partial charge in [0.1, 0.15) is 5.84 Å². The minimum Gasteiger partial charge on any atom is -0.386 e. The van der Waals surface area contributed by atoms with Crippen molar-refractivity contribution in [3.63, 3.8) is 0 Å². The standard InChI is InChI=1S/C8H16N4/c1-6-4-11-7(3-8(9)10)5-12(6)2/h3,6,11H,4-5H2,1-2H3,(H3,9,10)/b7-3-. The second kappa shape index (κ2) is 3.58. The maximum absolute atomic E-state index is 7.09. The fourth-order valence-corrected chi connectivity index (χ4v) is 1.20. The van der Waals surface area contributed by atoms with E-state index in [2.05, 4.69) is 24.2 Å². The Labute approximate surface area is 72.9 Å². The fourth-order valence-electron chi connectivity index (χ4n) is 1.20. The number of nitrogens with two attached hydrogens (primary N) is 1. The van der Waals surface area contributed by atoms with E-state index < -0.39 is 0 Å². The Morgan fingerprint density at radius 1 is 1.83 bits per heavy atom. The zero-order valence-electron chi connectivity index (χ0n) is 7.59. The van der Waals surface area contributed by atoms with Crippen molar-refractivity contribution < 1.29 is 0 Å². The SMILES string of the molecule is CC1CN/C(=C\C(=N)N)CN1C. The maximum Gasteiger partial charge on any atom is 0.117 e. The molecule has 1 unspecified atom stereocenters. The topological polar surface area (TPSA) is 65.1 Å². The Morgan fingerprint density at radius 2 is 2.50 bits per heavy atom. The zero-order chi connectivity index (χ0) is 9.14. The highest BCUT2D eigenvalue weighted by Crippen LogP contribution is 2.05. The van der Waals surface area contributed by atoms with Gasteiger partial charge in [-0.2, -0.15) is 0 Å². The van der Waals surface area contributed by atoms with Crippen LogP contribution in [-0.4, -0.2) is 36.9 Å². The molecule has 4 N–H and O–H groups in total. The Balaban J connectivity index is 2.56. The summed E-state index contributed by atoms with van der Waals surface area (Å²) >= 11 is 0. The van der Waals surface area contributed by atoms with Gasteiger partial charge in [-0.15, -0.1) is 0 Å². The minimum absolute atomic E-state index is 0.112. The Hall–Kier alpha value is -1.03. The van der Waals surface area contributed by atoms with Crippen LogP contribution in [0.15, 0.2) is 11.8 Å². The molecule has 0 spiro atoms. The lowest BCUT2D eigenvalue weighted by atomic mass is 10.2. The lowest BCUT2D eigenvalue weighted by Gasteiger charge is -2.32. The molecular weight excluding hydrogens is 152 g/mol. The summed E-state index contributed by atoms with van der Waals surface area (Å²) in [6, 6.07) is 0.550. The summed E-state index contributed by atoms with van der Waals surface area (Å²) in [5.41, 5.74) is 6.28. The van der Waals surface area contributed by atoms with Crippen molar-refractivity contribution in [2.75, 3.05) is 20.1 Å². The monoisotopic (exact) mass is 168 g/mol. The molecule has 0 aromatic rings. The second-order valence-corrected chi connectivity index (χ2v) is 3.27. The first-order valence-electron chi connectivity index (χ1n) is 4.08. The molecule has 1 rings (SSSR count). The van der Waals surface area contributed by atoms with Gasteiger partial charge in [0.25, 0.3) is 0 Å². The number of nitrogens with zero attached hydrogens (tertiary/aromatic N) is 1. The Morgan fingerprint density at radius 3 is 3.00 bits per heavy atom. The average molecular weight is 168 g/mol. The van der Waals surface area contributed by atoms with E-state index in [4.69, 9.17) is 11.1 Å². The number of rotatable bonds is 1. The fraction of sp³-hybridized carbons (Fsp3) is 0.625. The Kier molecular flexibility index (Phi) is 2.70. The number of hydrogen-bond donors (Lipinski definition) is 3. The highest BCUT2D eigenvalue weighted by Gasteiger charge is 2.16. The van der Waals surface area contributed by atoms with Gasteiger partial charge in [-0.1, -0.05) is 0 Å². The van der Waals surface area contributed by atoms with Crippen LogP contribution in [0.2, 0.25) is 0 Å². The molecule has 0 saturated carbocycles. The number of amidine groups is 1. The summed E-state index contributed by atoms with van der Waals surface area (Å²) in [4.78, 5) is 2.23. The van der Waals surface area contributed by atoms with Crippen LogP contribution < -0.4 is 11.1 Å². The van der Waals surface area contributed by atoms with E-state index >= 15 is 0 Å². The molecule has 4 heteroatoms. The van der Waals surface area contributed by atoms with E-state index in [1.165, 1.54) is 0 Å². The molecule has 1 aliphatic rings. The highest BCUT2D eigenvalue weighted by atomic mass is 15.2. The molecule has 0 bridgehead atoms. The van der Waals surface area contributed by atoms with E-state index in [1.54, 1.807) is 6.08 Å². The highest BCUT2D eigenvalue weighted by molar-refractivity contribution is 5.89. The molecule has 1 aliphatic heterocycles. The molecule has 0 radical (unpaired) electrons. The minimum atomic E-state index is 0.112. The molecule has 12 heavy (non-hydrogen) atoms. The van der Waals surface area contributed by atoms with Gasteiger partial charge in [-0.3, -0.25) is 10.3 Å². The van der Waals surface area contributed by atoms with E-state index in [9.17, 15) is 0 Å². The van der Waals surface area contributed by atoms with Crippen LogP contribution in [0.4, 0.5) is 0 Å². The quantitative estimate of drug-likeness (QED) is 0.373. The van der Waals surface area contributed by atoms with Gasteiger partial charge < -0.3 is 11.1 Å². The van der Waals surface area contributed by atoms with Crippen LogP contribution in [0.25, 0.3) is 0 Å². The third-order valence-electron chi connectivity index (χ3n) is 2.13. The summed E-state index contributed by atoms with van der Waals surface area (Å²) in [6.07, 6.45) is 1.67. The molecule has 68 valence electrons. The van der Waals surface area contributed by atoms with Gasteiger partial charge in [-0.25, -0.2) is 0 Å². The van der Waals surface area contributed by atoms with E-state index in [0.717, 1.165) is 18.8 Å². The largest absolute Gasteiger partial charge is 0.386 e. The lowest BCUT2D eigenvalue weighted by molar-refractivity contribution is 0.240. The average Bonchev–Trinajstić information content (AvgIpc) is 1.96. The van der Waals surface area contributed by atoms with Gasteiger partial charge >= 0.3 is 0 Å². The summed E-state index contributed by atoms with van der Waals surface area (Å²) in [6.45, 7) is 3.94. The number of nitrogens with one attached hydrogen (secondary N) is 2. The third-order valence-corrected chi connectivity index (χ3v) is 2.13. The summed E-state index contributed by atoms with van der Waals surface area (Å²) < 4.78 is 0. The van der Waals surface area contributed by atoms with Gasteiger partial charge in [0.05, 0.1) is 0 Å². The van der Waals surface area contributed by atoms with Crippen molar-refractivity contribution in [1.29, 1.82) is 5.41 Å². The summed E-state index contributed by atoms with van der Waals surface area (Å²) in [5.74, 6) is 0.112. The van der Waals surface area contributed by atoms with Crippen LogP contribution in [0.3, 0.4) is 0 Å². The molecule has 1 heterocycles. The number of likely N-dealkylation sites (N-methyl/N-ethyl adjacent to an activating group) is 1. The van der Waals surface area contributed by atoms with Crippen molar-refractivity contribution in [3.8, 4) is 0 Å². The van der Waals surface area contributed by atoms with Crippen molar-refractivity contribution in [1.82, 2.24) is 10.2 Å². The molecule has 1 fully saturated rings. The van der Waals surface area contributed by atoms with E-state index in [1.807, 2.05) is 0 Å². The van der Waals surface area contributed by atoms with Gasteiger partial charge in [0.15, 0.2) is 0 Å². The molecule has 0 aliphatic carbocycles. The lowest BCUT2D eigenvalue weighted by Crippen LogP contribution is -2.46. The van der Waals surface area contributed by atoms with E-state index in [0.29, 0.717) is 6.04 Å². The predicted octanol–water partition coefficient (Wildman–Crippen LogP) is -0.270. The van der Waals surface area contributed by atoms with Crippen molar-refractivity contribution >= 4 is 5.84 Å². The first-order chi connectivity index (χ1) is 5.59. The molecule has 0 aromatic carbocycles. The van der Waals surface area contributed by atoms with Crippen molar-refractivity contribution in [3.05, 3.63) is 11.8 Å². The van der Waals surface area contributed by atoms with Crippen LogP contribution in [0.5, 0.6) is 0 Å². The first-order valence-corrected chi connectivity index (χ1v) is 4.08. The first kappa shape index (κ1) is 9.06. The third kappa shape index (κ3) is 2.23. The molecular formula is C8H16N4. The van der Waals surface area contributed by atoms with Crippen LogP contribution in [0.1, 0.15) is 6.92 Å². The second-order valence-electron chi connectivity index (χ2n) is 3.27. The van der Waals surface area contributed by atoms with E-state index in [-0.39, 0.29) is 5.84 Å². The van der Waals surface area contributed by atoms with Gasteiger partial charge in [0.2, 0.25) is 0 Å². The Bertz CT molecular complexity index is 209.